The normalized spacial score (nSPS) is 10.1. The van der Waals surface area contributed by atoms with Crippen molar-refractivity contribution in [1.82, 2.24) is 0 Å². The van der Waals surface area contributed by atoms with E-state index in [1.165, 1.54) is 0 Å². The van der Waals surface area contributed by atoms with Gasteiger partial charge in [-0.3, -0.25) is 0 Å². The fourth-order valence-corrected chi connectivity index (χ4v) is 1.90. The van der Waals surface area contributed by atoms with Crippen molar-refractivity contribution in [2.45, 2.75) is 0 Å². The number of carbonyl (C=O) groups is 1. The first kappa shape index (κ1) is 12.2. The summed E-state index contributed by atoms with van der Waals surface area (Å²) in [5, 5.41) is 8.88. The number of aromatic carboxylic acids is 1. The zero-order valence-electron chi connectivity index (χ0n) is 10.4. The van der Waals surface area contributed by atoms with Crippen molar-refractivity contribution in [2.24, 2.45) is 0 Å². The van der Waals surface area contributed by atoms with Crippen LogP contribution in [0.4, 0.5) is 5.69 Å². The Bertz CT molecular complexity index is 559. The molecule has 0 saturated heterocycles. The molecule has 0 heterocycles. The number of hydrogen-bond acceptors (Lipinski definition) is 2. The number of anilines is 1. The Morgan fingerprint density at radius 2 is 1.61 bits per heavy atom. The van der Waals surface area contributed by atoms with Gasteiger partial charge in [-0.05, 0) is 23.8 Å². The van der Waals surface area contributed by atoms with Crippen LogP contribution in [0.15, 0.2) is 48.5 Å². The summed E-state index contributed by atoms with van der Waals surface area (Å²) in [4.78, 5) is 12.9. The van der Waals surface area contributed by atoms with Gasteiger partial charge in [0.05, 0.1) is 5.56 Å². The van der Waals surface area contributed by atoms with Crippen molar-refractivity contribution >= 4 is 11.7 Å². The van der Waals surface area contributed by atoms with Crippen LogP contribution in [0.2, 0.25) is 0 Å². The number of carboxylic acid groups (broad SMARTS) is 1. The number of para-hydroxylation sites is 1. The van der Waals surface area contributed by atoms with E-state index in [4.69, 9.17) is 5.11 Å². The Hall–Kier alpha value is -2.29. The Kier molecular flexibility index (Phi) is 3.33. The first-order valence-corrected chi connectivity index (χ1v) is 5.69. The molecule has 1 N–H and O–H groups in total. The second-order valence-corrected chi connectivity index (χ2v) is 4.29. The standard InChI is InChI=1S/C15H15NO2/c1-16(2)14-6-4-3-5-13(14)11-7-9-12(10-8-11)15(17)18/h3-10H,1-2H3,(H,17,18). The summed E-state index contributed by atoms with van der Waals surface area (Å²) in [5.74, 6) is -0.901. The lowest BCUT2D eigenvalue weighted by Gasteiger charge is -2.17. The van der Waals surface area contributed by atoms with Crippen LogP contribution < -0.4 is 4.90 Å². The minimum absolute atomic E-state index is 0.307. The molecule has 0 bridgehead atoms. The van der Waals surface area contributed by atoms with Gasteiger partial charge in [0.2, 0.25) is 0 Å². The third kappa shape index (κ3) is 2.35. The van der Waals surface area contributed by atoms with Gasteiger partial charge in [-0.15, -0.1) is 0 Å². The SMILES string of the molecule is CN(C)c1ccccc1-c1ccc(C(=O)O)cc1. The van der Waals surface area contributed by atoms with Gasteiger partial charge < -0.3 is 10.0 Å². The van der Waals surface area contributed by atoms with E-state index in [2.05, 4.69) is 0 Å². The number of benzene rings is 2. The molecule has 0 fully saturated rings. The first-order chi connectivity index (χ1) is 8.59. The number of nitrogens with zero attached hydrogens (tertiary/aromatic N) is 1. The van der Waals surface area contributed by atoms with E-state index < -0.39 is 5.97 Å². The van der Waals surface area contributed by atoms with Crippen LogP contribution in [0.25, 0.3) is 11.1 Å². The third-order valence-corrected chi connectivity index (χ3v) is 2.83. The van der Waals surface area contributed by atoms with Gasteiger partial charge in [0, 0.05) is 25.3 Å². The Balaban J connectivity index is 2.46. The van der Waals surface area contributed by atoms with E-state index in [1.54, 1.807) is 12.1 Å². The third-order valence-electron chi connectivity index (χ3n) is 2.83. The van der Waals surface area contributed by atoms with Crippen LogP contribution in [0.3, 0.4) is 0 Å². The summed E-state index contributed by atoms with van der Waals surface area (Å²) in [6.07, 6.45) is 0. The molecule has 3 nitrogen and oxygen atoms in total. The quantitative estimate of drug-likeness (QED) is 0.897. The molecule has 0 amide bonds. The first-order valence-electron chi connectivity index (χ1n) is 5.69. The zero-order valence-corrected chi connectivity index (χ0v) is 10.4. The van der Waals surface area contributed by atoms with Crippen molar-refractivity contribution in [3.05, 3.63) is 54.1 Å². The topological polar surface area (TPSA) is 40.5 Å². The predicted octanol–water partition coefficient (Wildman–Crippen LogP) is 3.12. The summed E-state index contributed by atoms with van der Waals surface area (Å²) in [6.45, 7) is 0. The maximum Gasteiger partial charge on any atom is 0.335 e. The van der Waals surface area contributed by atoms with Crippen molar-refractivity contribution in [3.63, 3.8) is 0 Å². The van der Waals surface area contributed by atoms with E-state index in [9.17, 15) is 4.79 Å². The minimum atomic E-state index is -0.901. The van der Waals surface area contributed by atoms with Gasteiger partial charge in [-0.2, -0.15) is 0 Å². The maximum absolute atomic E-state index is 10.8. The van der Waals surface area contributed by atoms with E-state index in [1.807, 2.05) is 55.4 Å². The molecule has 0 radical (unpaired) electrons. The number of hydrogen-bond donors (Lipinski definition) is 1. The van der Waals surface area contributed by atoms with Crippen LogP contribution in [-0.4, -0.2) is 25.2 Å². The van der Waals surface area contributed by atoms with Crippen molar-refractivity contribution < 1.29 is 9.90 Å². The highest BCUT2D eigenvalue weighted by Gasteiger charge is 2.07. The summed E-state index contributed by atoms with van der Waals surface area (Å²) in [6, 6.07) is 15.0. The minimum Gasteiger partial charge on any atom is -0.478 e. The molecule has 0 aliphatic heterocycles. The van der Waals surface area contributed by atoms with Crippen molar-refractivity contribution in [2.75, 3.05) is 19.0 Å². The lowest BCUT2D eigenvalue weighted by Crippen LogP contribution is -2.09. The lowest BCUT2D eigenvalue weighted by atomic mass is 10.0. The fourth-order valence-electron chi connectivity index (χ4n) is 1.90. The maximum atomic E-state index is 10.8. The predicted molar refractivity (Wildman–Crippen MR) is 73.2 cm³/mol. The lowest BCUT2D eigenvalue weighted by molar-refractivity contribution is 0.0697. The van der Waals surface area contributed by atoms with Crippen LogP contribution in [-0.2, 0) is 0 Å². The summed E-state index contributed by atoms with van der Waals surface area (Å²) in [7, 11) is 3.98. The molecule has 18 heavy (non-hydrogen) atoms. The van der Waals surface area contributed by atoms with Gasteiger partial charge >= 0.3 is 5.97 Å². The highest BCUT2D eigenvalue weighted by Crippen LogP contribution is 2.29. The zero-order chi connectivity index (χ0) is 13.1. The second-order valence-electron chi connectivity index (χ2n) is 4.29. The van der Waals surface area contributed by atoms with Crippen LogP contribution >= 0.6 is 0 Å². The molecular formula is C15H15NO2. The van der Waals surface area contributed by atoms with E-state index in [-0.39, 0.29) is 0 Å². The Morgan fingerprint density at radius 3 is 2.17 bits per heavy atom. The second kappa shape index (κ2) is 4.92. The smallest absolute Gasteiger partial charge is 0.335 e. The van der Waals surface area contributed by atoms with E-state index >= 15 is 0 Å². The molecular weight excluding hydrogens is 226 g/mol. The van der Waals surface area contributed by atoms with Crippen LogP contribution in [0.5, 0.6) is 0 Å². The highest BCUT2D eigenvalue weighted by atomic mass is 16.4. The molecule has 0 saturated carbocycles. The van der Waals surface area contributed by atoms with Crippen LogP contribution in [0, 0.1) is 0 Å². The Morgan fingerprint density at radius 1 is 1.00 bits per heavy atom. The van der Waals surface area contributed by atoms with E-state index in [0.29, 0.717) is 5.56 Å². The molecule has 92 valence electrons. The molecule has 3 heteroatoms. The average Bonchev–Trinajstić information content (AvgIpc) is 2.39. The molecule has 2 aromatic carbocycles. The molecule has 2 aromatic rings. The molecule has 0 aliphatic rings. The van der Waals surface area contributed by atoms with Crippen molar-refractivity contribution in [1.29, 1.82) is 0 Å². The monoisotopic (exact) mass is 241 g/mol. The van der Waals surface area contributed by atoms with Gasteiger partial charge in [0.15, 0.2) is 0 Å². The number of rotatable bonds is 3. The van der Waals surface area contributed by atoms with Gasteiger partial charge in [-0.1, -0.05) is 30.3 Å². The summed E-state index contributed by atoms with van der Waals surface area (Å²) in [5.41, 5.74) is 3.53. The fraction of sp³-hybridized carbons (Fsp3) is 0.133. The molecule has 2 rings (SSSR count). The summed E-state index contributed by atoms with van der Waals surface area (Å²) < 4.78 is 0. The van der Waals surface area contributed by atoms with Crippen LogP contribution in [0.1, 0.15) is 10.4 Å². The van der Waals surface area contributed by atoms with Gasteiger partial charge in [0.25, 0.3) is 0 Å². The molecule has 0 aliphatic carbocycles. The van der Waals surface area contributed by atoms with Gasteiger partial charge in [0.1, 0.15) is 0 Å². The van der Waals surface area contributed by atoms with Crippen molar-refractivity contribution in [3.8, 4) is 11.1 Å². The number of carboxylic acids is 1. The average molecular weight is 241 g/mol. The Labute approximate surface area is 106 Å². The molecule has 0 spiro atoms. The van der Waals surface area contributed by atoms with E-state index in [0.717, 1.165) is 16.8 Å². The largest absolute Gasteiger partial charge is 0.478 e. The summed E-state index contributed by atoms with van der Waals surface area (Å²) >= 11 is 0. The molecule has 0 atom stereocenters. The molecule has 0 unspecified atom stereocenters. The highest BCUT2D eigenvalue weighted by molar-refractivity contribution is 5.89. The van der Waals surface area contributed by atoms with Gasteiger partial charge in [-0.25, -0.2) is 4.79 Å². The molecule has 0 aromatic heterocycles.